The molecule has 2 amide bonds. The van der Waals surface area contributed by atoms with Crippen LogP contribution in [0.15, 0.2) is 24.3 Å². The fourth-order valence-electron chi connectivity index (χ4n) is 3.10. The number of carbonyl (C=O) groups excluding carboxylic acids is 2. The van der Waals surface area contributed by atoms with Crippen LogP contribution in [0.2, 0.25) is 0 Å². The number of nitrogens with zero attached hydrogens (tertiary/aromatic N) is 2. The number of hydrogen-bond acceptors (Lipinski definition) is 3. The number of piperidine rings is 1. The average Bonchev–Trinajstić information content (AvgIpc) is 2.76. The predicted molar refractivity (Wildman–Crippen MR) is 77.3 cm³/mol. The predicted octanol–water partition coefficient (Wildman–Crippen LogP) is 2.19. The molecule has 2 saturated heterocycles. The molecule has 1 unspecified atom stereocenters. The fourth-order valence-corrected chi connectivity index (χ4v) is 3.10. The van der Waals surface area contributed by atoms with Crippen molar-refractivity contribution in [3.05, 3.63) is 30.1 Å². The third kappa shape index (κ3) is 2.70. The minimum Gasteiger partial charge on any atom is -0.292 e. The van der Waals surface area contributed by atoms with Crippen LogP contribution in [0.5, 0.6) is 0 Å². The van der Waals surface area contributed by atoms with Gasteiger partial charge in [0, 0.05) is 0 Å². The van der Waals surface area contributed by atoms with Crippen LogP contribution in [0.25, 0.3) is 0 Å². The lowest BCUT2D eigenvalue weighted by atomic mass is 9.97. The van der Waals surface area contributed by atoms with Crippen LogP contribution < -0.4 is 4.90 Å². The van der Waals surface area contributed by atoms with Gasteiger partial charge in [-0.25, -0.2) is 9.29 Å². The maximum atomic E-state index is 13.0. The molecular weight excluding hydrogens is 271 g/mol. The standard InChI is InChI=1S/C16H19FN2O2/c1-11-6-8-18(9-7-11)14-10-15(20)19(16(14)21)13-4-2-12(17)3-5-13/h2-5,11,14H,6-10H2,1H3. The second-order valence-corrected chi connectivity index (χ2v) is 5.98. The van der Waals surface area contributed by atoms with E-state index in [1.807, 2.05) is 0 Å². The molecule has 21 heavy (non-hydrogen) atoms. The highest BCUT2D eigenvalue weighted by Crippen LogP contribution is 2.28. The van der Waals surface area contributed by atoms with E-state index < -0.39 is 0 Å². The summed E-state index contributed by atoms with van der Waals surface area (Å²) in [5.41, 5.74) is 0.458. The molecule has 0 bridgehead atoms. The molecule has 3 rings (SSSR count). The highest BCUT2D eigenvalue weighted by molar-refractivity contribution is 6.22. The number of halogens is 1. The molecule has 5 heteroatoms. The summed E-state index contributed by atoms with van der Waals surface area (Å²) in [5.74, 6) is -0.0718. The molecule has 2 aliphatic rings. The number of carbonyl (C=O) groups is 2. The zero-order valence-electron chi connectivity index (χ0n) is 12.1. The fraction of sp³-hybridized carbons (Fsp3) is 0.500. The number of benzene rings is 1. The highest BCUT2D eigenvalue weighted by atomic mass is 19.1. The van der Waals surface area contributed by atoms with Crippen molar-refractivity contribution >= 4 is 17.5 Å². The number of anilines is 1. The molecule has 2 heterocycles. The third-order valence-electron chi connectivity index (χ3n) is 4.47. The summed E-state index contributed by atoms with van der Waals surface area (Å²) in [6.45, 7) is 3.94. The Hall–Kier alpha value is -1.75. The zero-order valence-corrected chi connectivity index (χ0v) is 12.1. The van der Waals surface area contributed by atoms with Crippen molar-refractivity contribution < 1.29 is 14.0 Å². The molecule has 2 aliphatic heterocycles. The first-order valence-electron chi connectivity index (χ1n) is 7.42. The number of imide groups is 1. The first-order valence-corrected chi connectivity index (χ1v) is 7.42. The van der Waals surface area contributed by atoms with Crippen LogP contribution in [0.1, 0.15) is 26.2 Å². The van der Waals surface area contributed by atoms with Gasteiger partial charge in [-0.1, -0.05) is 6.92 Å². The molecule has 0 spiro atoms. The Balaban J connectivity index is 1.77. The average molecular weight is 290 g/mol. The first kappa shape index (κ1) is 14.2. The van der Waals surface area contributed by atoms with E-state index in [0.29, 0.717) is 11.6 Å². The number of hydrogen-bond donors (Lipinski definition) is 0. The summed E-state index contributed by atoms with van der Waals surface area (Å²) in [6.07, 6.45) is 2.35. The van der Waals surface area contributed by atoms with Crippen LogP contribution in [-0.2, 0) is 9.59 Å². The van der Waals surface area contributed by atoms with E-state index in [-0.39, 0.29) is 30.1 Å². The van der Waals surface area contributed by atoms with E-state index in [1.54, 1.807) is 0 Å². The summed E-state index contributed by atoms with van der Waals surface area (Å²) in [5, 5.41) is 0. The Morgan fingerprint density at radius 3 is 2.33 bits per heavy atom. The SMILES string of the molecule is CC1CCN(C2CC(=O)N(c3ccc(F)cc3)C2=O)CC1. The van der Waals surface area contributed by atoms with Gasteiger partial charge < -0.3 is 0 Å². The van der Waals surface area contributed by atoms with E-state index in [2.05, 4.69) is 11.8 Å². The van der Waals surface area contributed by atoms with Gasteiger partial charge in [0.1, 0.15) is 5.82 Å². The molecule has 112 valence electrons. The van der Waals surface area contributed by atoms with Crippen LogP contribution in [0.3, 0.4) is 0 Å². The minimum absolute atomic E-state index is 0.179. The van der Waals surface area contributed by atoms with Gasteiger partial charge in [0.05, 0.1) is 18.2 Å². The lowest BCUT2D eigenvalue weighted by molar-refractivity contribution is -0.123. The molecular formula is C16H19FN2O2. The van der Waals surface area contributed by atoms with Crippen LogP contribution >= 0.6 is 0 Å². The van der Waals surface area contributed by atoms with Gasteiger partial charge in [0.15, 0.2) is 0 Å². The summed E-state index contributed by atoms with van der Waals surface area (Å²) < 4.78 is 13.0. The number of amides is 2. The van der Waals surface area contributed by atoms with E-state index in [1.165, 1.54) is 29.2 Å². The Kier molecular flexibility index (Phi) is 3.76. The lowest BCUT2D eigenvalue weighted by Crippen LogP contribution is -2.45. The van der Waals surface area contributed by atoms with Crippen LogP contribution in [0.4, 0.5) is 10.1 Å². The van der Waals surface area contributed by atoms with Gasteiger partial charge in [-0.05, 0) is 56.1 Å². The molecule has 0 N–H and O–H groups in total. The van der Waals surface area contributed by atoms with Gasteiger partial charge in [-0.15, -0.1) is 0 Å². The molecule has 4 nitrogen and oxygen atoms in total. The van der Waals surface area contributed by atoms with Gasteiger partial charge in [0.2, 0.25) is 5.91 Å². The van der Waals surface area contributed by atoms with Crippen molar-refractivity contribution in [2.45, 2.75) is 32.2 Å². The smallest absolute Gasteiger partial charge is 0.251 e. The lowest BCUT2D eigenvalue weighted by Gasteiger charge is -2.33. The molecule has 0 aliphatic carbocycles. The minimum atomic E-state index is -0.376. The molecule has 0 radical (unpaired) electrons. The Labute approximate surface area is 123 Å². The van der Waals surface area contributed by atoms with E-state index in [0.717, 1.165) is 25.9 Å². The summed E-state index contributed by atoms with van der Waals surface area (Å²) in [7, 11) is 0. The molecule has 1 aromatic rings. The topological polar surface area (TPSA) is 40.6 Å². The third-order valence-corrected chi connectivity index (χ3v) is 4.47. The van der Waals surface area contributed by atoms with Crippen molar-refractivity contribution in [1.29, 1.82) is 0 Å². The van der Waals surface area contributed by atoms with Crippen LogP contribution in [-0.4, -0.2) is 35.8 Å². The van der Waals surface area contributed by atoms with Gasteiger partial charge in [-0.3, -0.25) is 14.5 Å². The second kappa shape index (κ2) is 5.56. The quantitative estimate of drug-likeness (QED) is 0.784. The molecule has 1 atom stereocenters. The van der Waals surface area contributed by atoms with Crippen molar-refractivity contribution in [3.8, 4) is 0 Å². The first-order chi connectivity index (χ1) is 10.1. The van der Waals surface area contributed by atoms with E-state index in [9.17, 15) is 14.0 Å². The van der Waals surface area contributed by atoms with Gasteiger partial charge in [-0.2, -0.15) is 0 Å². The maximum absolute atomic E-state index is 13.0. The Bertz CT molecular complexity index is 550. The Morgan fingerprint density at radius 2 is 1.71 bits per heavy atom. The van der Waals surface area contributed by atoms with E-state index in [4.69, 9.17) is 0 Å². The Morgan fingerprint density at radius 1 is 1.10 bits per heavy atom. The normalized spacial score (nSPS) is 24.9. The van der Waals surface area contributed by atoms with Crippen molar-refractivity contribution in [1.82, 2.24) is 4.90 Å². The number of rotatable bonds is 2. The second-order valence-electron chi connectivity index (χ2n) is 5.98. The largest absolute Gasteiger partial charge is 0.292 e. The highest BCUT2D eigenvalue weighted by Gasteiger charge is 2.43. The van der Waals surface area contributed by atoms with Crippen molar-refractivity contribution in [3.63, 3.8) is 0 Å². The zero-order chi connectivity index (χ0) is 15.0. The van der Waals surface area contributed by atoms with Gasteiger partial charge >= 0.3 is 0 Å². The van der Waals surface area contributed by atoms with Gasteiger partial charge in [0.25, 0.3) is 5.91 Å². The maximum Gasteiger partial charge on any atom is 0.251 e. The summed E-state index contributed by atoms with van der Waals surface area (Å²) in [6, 6.07) is 5.14. The van der Waals surface area contributed by atoms with E-state index >= 15 is 0 Å². The van der Waals surface area contributed by atoms with Crippen molar-refractivity contribution in [2.75, 3.05) is 18.0 Å². The molecule has 1 aromatic carbocycles. The summed E-state index contributed by atoms with van der Waals surface area (Å²) >= 11 is 0. The summed E-state index contributed by atoms with van der Waals surface area (Å²) in [4.78, 5) is 28.0. The molecule has 0 saturated carbocycles. The molecule has 2 fully saturated rings. The van der Waals surface area contributed by atoms with Crippen LogP contribution in [0, 0.1) is 11.7 Å². The monoisotopic (exact) mass is 290 g/mol. The number of likely N-dealkylation sites (tertiary alicyclic amines) is 1. The molecule has 0 aromatic heterocycles. The van der Waals surface area contributed by atoms with Crippen molar-refractivity contribution in [2.24, 2.45) is 5.92 Å².